The second-order valence-corrected chi connectivity index (χ2v) is 10.8. The largest absolute Gasteiger partial charge is 0.461 e. The monoisotopic (exact) mass is 545 g/mol. The van der Waals surface area contributed by atoms with Gasteiger partial charge in [-0.25, -0.2) is 0 Å². The lowest BCUT2D eigenvalue weighted by Crippen LogP contribution is -2.50. The van der Waals surface area contributed by atoms with Crippen molar-refractivity contribution >= 4 is 17.8 Å². The Labute approximate surface area is 237 Å². The molecule has 0 bridgehead atoms. The van der Waals surface area contributed by atoms with Gasteiger partial charge in [0.05, 0.1) is 6.04 Å². The Morgan fingerprint density at radius 2 is 1.38 bits per heavy atom. The number of esters is 1. The second kappa shape index (κ2) is 22.4. The Hall–Kier alpha value is -2.41. The molecule has 2 atom stereocenters. The first-order valence-corrected chi connectivity index (χ1v) is 15.4. The van der Waals surface area contributed by atoms with E-state index in [-0.39, 0.29) is 37.4 Å². The number of ether oxygens (including phenoxy) is 1. The maximum atomic E-state index is 13.3. The highest BCUT2D eigenvalue weighted by Crippen LogP contribution is 2.18. The van der Waals surface area contributed by atoms with Crippen LogP contribution < -0.4 is 11.5 Å². The summed E-state index contributed by atoms with van der Waals surface area (Å²) >= 11 is 0. The van der Waals surface area contributed by atoms with Crippen LogP contribution in [0.1, 0.15) is 129 Å². The molecule has 0 aromatic heterocycles. The van der Waals surface area contributed by atoms with Gasteiger partial charge in [-0.2, -0.15) is 0 Å². The van der Waals surface area contributed by atoms with Crippen LogP contribution in [-0.4, -0.2) is 41.3 Å². The molecule has 0 radical (unpaired) electrons. The summed E-state index contributed by atoms with van der Waals surface area (Å²) in [6, 6.07) is 8.59. The number of carbonyl (C=O) groups excluding carboxylic acids is 3. The van der Waals surface area contributed by atoms with Crippen LogP contribution in [0.15, 0.2) is 30.3 Å². The molecule has 0 saturated carbocycles. The van der Waals surface area contributed by atoms with Gasteiger partial charge in [0, 0.05) is 25.4 Å². The number of nitrogens with zero attached hydrogens (tertiary/aromatic N) is 1. The van der Waals surface area contributed by atoms with E-state index in [0.29, 0.717) is 19.4 Å². The molecular weight excluding hydrogens is 490 g/mol. The number of rotatable bonds is 24. The zero-order chi connectivity index (χ0) is 28.7. The number of benzene rings is 1. The molecule has 0 saturated heterocycles. The Bertz CT molecular complexity index is 787. The standard InChI is InChI=1S/C32H55N3O4/c1-3-5-6-7-8-9-10-11-12-13-17-21-28(25-30(34)36)35(24-4-2)32(38)29(33)22-18-23-31(37)39-26-27-19-15-14-16-20-27/h14-16,19-20,28-29H,3-13,17-18,21-26,33H2,1-2H3,(H2,34,36)/t28-,29-/m0/s1. The molecule has 0 unspecified atom stereocenters. The average molecular weight is 546 g/mol. The molecule has 0 aliphatic rings. The maximum Gasteiger partial charge on any atom is 0.306 e. The summed E-state index contributed by atoms with van der Waals surface area (Å²) in [5, 5.41) is 0. The zero-order valence-electron chi connectivity index (χ0n) is 24.7. The van der Waals surface area contributed by atoms with Crippen LogP contribution >= 0.6 is 0 Å². The number of amides is 2. The molecule has 39 heavy (non-hydrogen) atoms. The van der Waals surface area contributed by atoms with Gasteiger partial charge in [-0.15, -0.1) is 0 Å². The number of hydrogen-bond donors (Lipinski definition) is 2. The van der Waals surface area contributed by atoms with E-state index < -0.39 is 11.9 Å². The highest BCUT2D eigenvalue weighted by molar-refractivity contribution is 5.83. The molecular formula is C32H55N3O4. The third-order valence-electron chi connectivity index (χ3n) is 7.22. The van der Waals surface area contributed by atoms with Crippen molar-refractivity contribution in [2.24, 2.45) is 11.5 Å². The lowest BCUT2D eigenvalue weighted by molar-refractivity contribution is -0.145. The zero-order valence-corrected chi connectivity index (χ0v) is 24.7. The highest BCUT2D eigenvalue weighted by Gasteiger charge is 2.28. The lowest BCUT2D eigenvalue weighted by atomic mass is 9.99. The molecule has 0 aliphatic carbocycles. The van der Waals surface area contributed by atoms with Crippen molar-refractivity contribution in [2.75, 3.05) is 6.54 Å². The van der Waals surface area contributed by atoms with Gasteiger partial charge in [-0.1, -0.05) is 115 Å². The number of primary amides is 1. The van der Waals surface area contributed by atoms with Gasteiger partial charge < -0.3 is 21.1 Å². The molecule has 2 amide bonds. The van der Waals surface area contributed by atoms with Gasteiger partial charge in [0.2, 0.25) is 11.8 Å². The molecule has 1 aromatic rings. The van der Waals surface area contributed by atoms with E-state index in [1.807, 2.05) is 37.3 Å². The quantitative estimate of drug-likeness (QED) is 0.115. The fourth-order valence-corrected chi connectivity index (χ4v) is 4.97. The number of nitrogens with two attached hydrogens (primary N) is 2. The van der Waals surface area contributed by atoms with Gasteiger partial charge in [0.25, 0.3) is 0 Å². The highest BCUT2D eigenvalue weighted by atomic mass is 16.5. The average Bonchev–Trinajstić information content (AvgIpc) is 2.92. The molecule has 7 nitrogen and oxygen atoms in total. The first kappa shape index (κ1) is 34.6. The minimum atomic E-state index is -0.717. The van der Waals surface area contributed by atoms with Gasteiger partial charge in [-0.05, 0) is 31.2 Å². The van der Waals surface area contributed by atoms with Gasteiger partial charge in [0.1, 0.15) is 6.61 Å². The normalized spacial score (nSPS) is 12.6. The van der Waals surface area contributed by atoms with E-state index in [9.17, 15) is 14.4 Å². The summed E-state index contributed by atoms with van der Waals surface area (Å²) in [5.74, 6) is -0.859. The summed E-state index contributed by atoms with van der Waals surface area (Å²) in [7, 11) is 0. The first-order valence-electron chi connectivity index (χ1n) is 15.4. The van der Waals surface area contributed by atoms with Crippen molar-refractivity contribution < 1.29 is 19.1 Å². The van der Waals surface area contributed by atoms with Crippen LogP contribution in [0, 0.1) is 0 Å². The van der Waals surface area contributed by atoms with E-state index in [2.05, 4.69) is 6.92 Å². The topological polar surface area (TPSA) is 116 Å². The van der Waals surface area contributed by atoms with Gasteiger partial charge >= 0.3 is 5.97 Å². The summed E-state index contributed by atoms with van der Waals surface area (Å²) in [4.78, 5) is 39.0. The van der Waals surface area contributed by atoms with Crippen molar-refractivity contribution in [3.8, 4) is 0 Å². The minimum Gasteiger partial charge on any atom is -0.461 e. The predicted molar refractivity (Wildman–Crippen MR) is 159 cm³/mol. The van der Waals surface area contributed by atoms with Crippen LogP contribution in [0.5, 0.6) is 0 Å². The third-order valence-corrected chi connectivity index (χ3v) is 7.22. The molecule has 0 spiro atoms. The fourth-order valence-electron chi connectivity index (χ4n) is 4.97. The third kappa shape index (κ3) is 17.0. The fraction of sp³-hybridized carbons (Fsp3) is 0.719. The lowest BCUT2D eigenvalue weighted by Gasteiger charge is -2.33. The van der Waals surface area contributed by atoms with Crippen LogP contribution in [0.25, 0.3) is 0 Å². The molecule has 4 N–H and O–H groups in total. The number of hydrogen-bond acceptors (Lipinski definition) is 5. The maximum absolute atomic E-state index is 13.3. The Balaban J connectivity index is 2.42. The van der Waals surface area contributed by atoms with Crippen LogP contribution in [0.3, 0.4) is 0 Å². The molecule has 7 heteroatoms. The van der Waals surface area contributed by atoms with Crippen molar-refractivity contribution in [3.05, 3.63) is 35.9 Å². The van der Waals surface area contributed by atoms with Gasteiger partial charge in [0.15, 0.2) is 0 Å². The second-order valence-electron chi connectivity index (χ2n) is 10.8. The van der Waals surface area contributed by atoms with Gasteiger partial charge in [-0.3, -0.25) is 14.4 Å². The Kier molecular flexibility index (Phi) is 19.9. The first-order chi connectivity index (χ1) is 18.9. The van der Waals surface area contributed by atoms with E-state index in [0.717, 1.165) is 31.2 Å². The van der Waals surface area contributed by atoms with Crippen LogP contribution in [0.4, 0.5) is 0 Å². The molecule has 0 aliphatic heterocycles. The smallest absolute Gasteiger partial charge is 0.306 e. The van der Waals surface area contributed by atoms with Crippen LogP contribution in [0.2, 0.25) is 0 Å². The molecule has 1 aromatic carbocycles. The minimum absolute atomic E-state index is 0.155. The van der Waals surface area contributed by atoms with E-state index >= 15 is 0 Å². The number of carbonyl (C=O) groups is 3. The SMILES string of the molecule is CCCCCCCCCCCCC[C@@H](CC(N)=O)N(CCC)C(=O)[C@@H](N)CCCC(=O)OCc1ccccc1. The molecule has 0 heterocycles. The van der Waals surface area contributed by atoms with E-state index in [4.69, 9.17) is 16.2 Å². The number of unbranched alkanes of at least 4 members (excludes halogenated alkanes) is 10. The van der Waals surface area contributed by atoms with Crippen LogP contribution in [-0.2, 0) is 25.7 Å². The molecule has 222 valence electrons. The van der Waals surface area contributed by atoms with Crippen molar-refractivity contribution in [1.82, 2.24) is 4.90 Å². The summed E-state index contributed by atoms with van der Waals surface area (Å²) in [6.07, 6.45) is 16.5. The van der Waals surface area contributed by atoms with Crippen molar-refractivity contribution in [2.45, 2.75) is 142 Å². The summed E-state index contributed by atoms with van der Waals surface area (Å²) in [6.45, 7) is 5.04. The Morgan fingerprint density at radius 3 is 1.95 bits per heavy atom. The van der Waals surface area contributed by atoms with E-state index in [1.165, 1.54) is 57.8 Å². The van der Waals surface area contributed by atoms with E-state index in [1.54, 1.807) is 4.90 Å². The molecule has 1 rings (SSSR count). The summed E-state index contributed by atoms with van der Waals surface area (Å²) < 4.78 is 5.32. The Morgan fingerprint density at radius 1 is 0.795 bits per heavy atom. The predicted octanol–water partition coefficient (Wildman–Crippen LogP) is 6.41. The van der Waals surface area contributed by atoms with Crippen molar-refractivity contribution in [1.29, 1.82) is 0 Å². The van der Waals surface area contributed by atoms with Crippen molar-refractivity contribution in [3.63, 3.8) is 0 Å². The molecule has 0 fully saturated rings. The summed E-state index contributed by atoms with van der Waals surface area (Å²) in [5.41, 5.74) is 12.8.